The molecule has 0 spiro atoms. The summed E-state index contributed by atoms with van der Waals surface area (Å²) in [6.07, 6.45) is 5.34. The molecule has 27 heavy (non-hydrogen) atoms. The zero-order valence-corrected chi connectivity index (χ0v) is 14.4. The number of benzene rings is 1. The Kier molecular flexibility index (Phi) is 3.68. The van der Waals surface area contributed by atoms with Crippen molar-refractivity contribution in [3.05, 3.63) is 91.4 Å². The standard InChI is InChI=1S/C22H15N5/c1-2-6-16(7-3-1)21-22(17-11-14-23-15-12-17)27-20(25-21)10-9-19(26-27)18-8-4-5-13-24-18/h1-15H. The van der Waals surface area contributed by atoms with Gasteiger partial charge in [0.1, 0.15) is 11.4 Å². The number of hydrogen-bond donors (Lipinski definition) is 0. The molecule has 4 heterocycles. The molecule has 5 nitrogen and oxygen atoms in total. The van der Waals surface area contributed by atoms with Gasteiger partial charge in [-0.3, -0.25) is 9.97 Å². The van der Waals surface area contributed by atoms with Gasteiger partial charge in [-0.1, -0.05) is 36.4 Å². The fourth-order valence-electron chi connectivity index (χ4n) is 3.15. The maximum absolute atomic E-state index is 4.85. The number of aromatic nitrogens is 5. The molecule has 0 N–H and O–H groups in total. The molecule has 4 aromatic heterocycles. The van der Waals surface area contributed by atoms with Gasteiger partial charge in [-0.05, 0) is 36.4 Å². The number of rotatable bonds is 3. The van der Waals surface area contributed by atoms with Crippen LogP contribution < -0.4 is 0 Å². The van der Waals surface area contributed by atoms with E-state index < -0.39 is 0 Å². The molecule has 0 fully saturated rings. The van der Waals surface area contributed by atoms with Crippen molar-refractivity contribution >= 4 is 5.65 Å². The minimum Gasteiger partial charge on any atom is -0.265 e. The largest absolute Gasteiger partial charge is 0.265 e. The van der Waals surface area contributed by atoms with Gasteiger partial charge in [0, 0.05) is 29.7 Å². The number of pyridine rings is 2. The molecule has 0 saturated carbocycles. The smallest absolute Gasteiger partial charge is 0.155 e. The first-order chi connectivity index (χ1) is 13.4. The fraction of sp³-hybridized carbons (Fsp3) is 0. The third kappa shape index (κ3) is 2.75. The van der Waals surface area contributed by atoms with Crippen LogP contribution in [0.2, 0.25) is 0 Å². The summed E-state index contributed by atoms with van der Waals surface area (Å²) in [5.41, 5.74) is 6.32. The van der Waals surface area contributed by atoms with E-state index in [4.69, 9.17) is 10.1 Å². The van der Waals surface area contributed by atoms with Gasteiger partial charge in [0.15, 0.2) is 5.65 Å². The molecule has 0 unspecified atom stereocenters. The zero-order valence-electron chi connectivity index (χ0n) is 14.4. The van der Waals surface area contributed by atoms with Gasteiger partial charge in [0.2, 0.25) is 0 Å². The lowest BCUT2D eigenvalue weighted by molar-refractivity contribution is 0.944. The summed E-state index contributed by atoms with van der Waals surface area (Å²) in [6.45, 7) is 0. The number of nitrogens with zero attached hydrogens (tertiary/aromatic N) is 5. The van der Waals surface area contributed by atoms with Crippen molar-refractivity contribution in [3.63, 3.8) is 0 Å². The van der Waals surface area contributed by atoms with Crippen LogP contribution in [-0.4, -0.2) is 24.6 Å². The highest BCUT2D eigenvalue weighted by molar-refractivity contribution is 5.81. The molecule has 0 aliphatic carbocycles. The molecule has 5 aromatic rings. The predicted molar refractivity (Wildman–Crippen MR) is 105 cm³/mol. The first-order valence-corrected chi connectivity index (χ1v) is 8.67. The minimum absolute atomic E-state index is 0.792. The molecule has 0 radical (unpaired) electrons. The zero-order chi connectivity index (χ0) is 18.1. The lowest BCUT2D eigenvalue weighted by atomic mass is 10.1. The van der Waals surface area contributed by atoms with Crippen LogP contribution in [0.25, 0.3) is 39.5 Å². The molecule has 0 aliphatic heterocycles. The minimum atomic E-state index is 0.792. The fourth-order valence-corrected chi connectivity index (χ4v) is 3.15. The van der Waals surface area contributed by atoms with E-state index in [0.29, 0.717) is 0 Å². The predicted octanol–water partition coefficient (Wildman–Crippen LogP) is 4.52. The molecule has 0 amide bonds. The maximum atomic E-state index is 4.85. The lowest BCUT2D eigenvalue weighted by Crippen LogP contribution is -1.98. The van der Waals surface area contributed by atoms with Crippen molar-refractivity contribution in [3.8, 4) is 33.9 Å². The highest BCUT2D eigenvalue weighted by Gasteiger charge is 2.17. The van der Waals surface area contributed by atoms with E-state index >= 15 is 0 Å². The molecular weight excluding hydrogens is 334 g/mol. The van der Waals surface area contributed by atoms with Gasteiger partial charge in [0.05, 0.1) is 11.4 Å². The Hall–Kier alpha value is -3.86. The summed E-state index contributed by atoms with van der Waals surface area (Å²) >= 11 is 0. The third-order valence-electron chi connectivity index (χ3n) is 4.41. The van der Waals surface area contributed by atoms with E-state index in [1.165, 1.54) is 0 Å². The maximum Gasteiger partial charge on any atom is 0.155 e. The van der Waals surface area contributed by atoms with Crippen LogP contribution in [-0.2, 0) is 0 Å². The van der Waals surface area contributed by atoms with Crippen LogP contribution in [0.5, 0.6) is 0 Å². The van der Waals surface area contributed by atoms with Crippen molar-refractivity contribution in [2.75, 3.05) is 0 Å². The Balaban J connectivity index is 1.80. The summed E-state index contributed by atoms with van der Waals surface area (Å²) in [7, 11) is 0. The van der Waals surface area contributed by atoms with Gasteiger partial charge in [0.25, 0.3) is 0 Å². The summed E-state index contributed by atoms with van der Waals surface area (Å²) < 4.78 is 1.89. The van der Waals surface area contributed by atoms with Crippen molar-refractivity contribution in [1.29, 1.82) is 0 Å². The van der Waals surface area contributed by atoms with Crippen molar-refractivity contribution in [2.45, 2.75) is 0 Å². The highest BCUT2D eigenvalue weighted by Crippen LogP contribution is 2.32. The summed E-state index contributed by atoms with van der Waals surface area (Å²) in [5, 5.41) is 4.84. The van der Waals surface area contributed by atoms with Crippen LogP contribution in [0, 0.1) is 0 Å². The Morgan fingerprint density at radius 2 is 1.44 bits per heavy atom. The lowest BCUT2D eigenvalue weighted by Gasteiger charge is -2.06. The molecule has 5 heteroatoms. The topological polar surface area (TPSA) is 56.0 Å². The first-order valence-electron chi connectivity index (χ1n) is 8.67. The van der Waals surface area contributed by atoms with Crippen molar-refractivity contribution < 1.29 is 0 Å². The van der Waals surface area contributed by atoms with Gasteiger partial charge >= 0.3 is 0 Å². The average molecular weight is 349 g/mol. The Labute approximate surface area is 156 Å². The Bertz CT molecular complexity index is 1200. The second kappa shape index (κ2) is 6.46. The van der Waals surface area contributed by atoms with Crippen molar-refractivity contribution in [2.24, 2.45) is 0 Å². The van der Waals surface area contributed by atoms with Gasteiger partial charge in [-0.2, -0.15) is 5.10 Å². The molecular formula is C22H15N5. The molecule has 0 bridgehead atoms. The number of hydrogen-bond acceptors (Lipinski definition) is 4. The van der Waals surface area contributed by atoms with E-state index in [9.17, 15) is 0 Å². The van der Waals surface area contributed by atoms with E-state index in [1.54, 1.807) is 18.6 Å². The number of fused-ring (bicyclic) bond motifs is 1. The van der Waals surface area contributed by atoms with Crippen LogP contribution in [0.1, 0.15) is 0 Å². The quantitative estimate of drug-likeness (QED) is 0.480. The van der Waals surface area contributed by atoms with Crippen molar-refractivity contribution in [1.82, 2.24) is 24.6 Å². The van der Waals surface area contributed by atoms with E-state index in [1.807, 2.05) is 65.2 Å². The van der Waals surface area contributed by atoms with Gasteiger partial charge in [-0.15, -0.1) is 0 Å². The van der Waals surface area contributed by atoms with Crippen LogP contribution in [0.15, 0.2) is 91.4 Å². The number of imidazole rings is 1. The van der Waals surface area contributed by atoms with E-state index in [-0.39, 0.29) is 0 Å². The third-order valence-corrected chi connectivity index (χ3v) is 4.41. The first kappa shape index (κ1) is 15.4. The Morgan fingerprint density at radius 3 is 2.22 bits per heavy atom. The Morgan fingerprint density at radius 1 is 0.630 bits per heavy atom. The molecule has 1 aromatic carbocycles. The van der Waals surface area contributed by atoms with E-state index in [0.717, 1.165) is 39.5 Å². The molecule has 0 aliphatic rings. The van der Waals surface area contributed by atoms with Crippen LogP contribution in [0.4, 0.5) is 0 Å². The SMILES string of the molecule is c1ccc(-c2nc3ccc(-c4ccccn4)nn3c2-c2ccncc2)cc1. The van der Waals surface area contributed by atoms with Crippen LogP contribution in [0.3, 0.4) is 0 Å². The molecule has 0 atom stereocenters. The van der Waals surface area contributed by atoms with Gasteiger partial charge < -0.3 is 0 Å². The van der Waals surface area contributed by atoms with Gasteiger partial charge in [-0.25, -0.2) is 9.50 Å². The van der Waals surface area contributed by atoms with Crippen LogP contribution >= 0.6 is 0 Å². The second-order valence-electron chi connectivity index (χ2n) is 6.11. The normalized spacial score (nSPS) is 11.0. The molecule has 0 saturated heterocycles. The highest BCUT2D eigenvalue weighted by atomic mass is 15.3. The van der Waals surface area contributed by atoms with E-state index in [2.05, 4.69) is 22.1 Å². The molecule has 5 rings (SSSR count). The average Bonchev–Trinajstić information content (AvgIpc) is 3.14. The second-order valence-corrected chi connectivity index (χ2v) is 6.11. The summed E-state index contributed by atoms with van der Waals surface area (Å²) in [6, 6.07) is 23.9. The summed E-state index contributed by atoms with van der Waals surface area (Å²) in [5.74, 6) is 0. The summed E-state index contributed by atoms with van der Waals surface area (Å²) in [4.78, 5) is 13.4. The monoisotopic (exact) mass is 349 g/mol. The molecule has 128 valence electrons.